The molecular formula is C14H22N2O4S. The average Bonchev–Trinajstić information content (AvgIpc) is 2.37. The van der Waals surface area contributed by atoms with E-state index in [4.69, 9.17) is 0 Å². The van der Waals surface area contributed by atoms with Crippen molar-refractivity contribution in [1.82, 2.24) is 4.72 Å². The number of hydrogen-bond acceptors (Lipinski definition) is 4. The van der Waals surface area contributed by atoms with E-state index in [0.29, 0.717) is 12.1 Å². The quantitative estimate of drug-likeness (QED) is 0.710. The number of carbonyl (C=O) groups is 1. The zero-order valence-corrected chi connectivity index (χ0v) is 13.3. The predicted octanol–water partition coefficient (Wildman–Crippen LogP) is 1.47. The number of nitrogens with one attached hydrogen (secondary N) is 2. The van der Waals surface area contributed by atoms with E-state index in [1.54, 1.807) is 6.92 Å². The lowest BCUT2D eigenvalue weighted by Crippen LogP contribution is -2.40. The summed E-state index contributed by atoms with van der Waals surface area (Å²) in [5.74, 6) is -0.223. The first kappa shape index (κ1) is 17.6. The number of benzene rings is 1. The van der Waals surface area contributed by atoms with Gasteiger partial charge in [0, 0.05) is 19.2 Å². The van der Waals surface area contributed by atoms with Crippen molar-refractivity contribution in [2.75, 3.05) is 11.9 Å². The van der Waals surface area contributed by atoms with Crippen molar-refractivity contribution in [2.45, 2.75) is 44.1 Å². The molecule has 0 fully saturated rings. The monoisotopic (exact) mass is 314 g/mol. The molecule has 6 nitrogen and oxygen atoms in total. The Bertz CT molecular complexity index is 579. The molecule has 7 heteroatoms. The van der Waals surface area contributed by atoms with Crippen LogP contribution in [-0.2, 0) is 14.8 Å². The average molecular weight is 314 g/mol. The summed E-state index contributed by atoms with van der Waals surface area (Å²) in [4.78, 5) is 11.0. The first-order valence-electron chi connectivity index (χ1n) is 6.76. The Kier molecular flexibility index (Phi) is 5.88. The van der Waals surface area contributed by atoms with Gasteiger partial charge < -0.3 is 10.4 Å². The van der Waals surface area contributed by atoms with E-state index in [1.165, 1.54) is 31.2 Å². The highest BCUT2D eigenvalue weighted by molar-refractivity contribution is 7.89. The van der Waals surface area contributed by atoms with Gasteiger partial charge in [-0.05, 0) is 37.6 Å². The summed E-state index contributed by atoms with van der Waals surface area (Å²) < 4.78 is 26.6. The number of anilines is 1. The van der Waals surface area contributed by atoms with Crippen LogP contribution in [0.25, 0.3) is 0 Å². The number of carbonyl (C=O) groups excluding carboxylic acids is 1. The second-order valence-electron chi connectivity index (χ2n) is 5.28. The van der Waals surface area contributed by atoms with Crippen LogP contribution in [0, 0.1) is 0 Å². The fourth-order valence-corrected chi connectivity index (χ4v) is 3.04. The van der Waals surface area contributed by atoms with Gasteiger partial charge >= 0.3 is 0 Å². The van der Waals surface area contributed by atoms with Crippen LogP contribution in [0.2, 0.25) is 0 Å². The predicted molar refractivity (Wildman–Crippen MR) is 81.5 cm³/mol. The fraction of sp³-hybridized carbons (Fsp3) is 0.500. The SMILES string of the molecule is CCCC(C)(O)CNS(=O)(=O)c1ccc(NC(C)=O)cc1. The summed E-state index contributed by atoms with van der Waals surface area (Å²) in [5.41, 5.74) is -0.544. The number of aliphatic hydroxyl groups is 1. The summed E-state index contributed by atoms with van der Waals surface area (Å²) >= 11 is 0. The second-order valence-corrected chi connectivity index (χ2v) is 7.04. The fourth-order valence-electron chi connectivity index (χ4n) is 1.88. The van der Waals surface area contributed by atoms with E-state index in [-0.39, 0.29) is 17.3 Å². The van der Waals surface area contributed by atoms with Crippen LogP contribution in [0.5, 0.6) is 0 Å². The third-order valence-electron chi connectivity index (χ3n) is 2.92. The maximum Gasteiger partial charge on any atom is 0.240 e. The molecule has 3 N–H and O–H groups in total. The van der Waals surface area contributed by atoms with Crippen molar-refractivity contribution >= 4 is 21.6 Å². The molecule has 0 radical (unpaired) electrons. The lowest BCUT2D eigenvalue weighted by molar-refractivity contribution is -0.114. The van der Waals surface area contributed by atoms with Gasteiger partial charge in [-0.1, -0.05) is 13.3 Å². The largest absolute Gasteiger partial charge is 0.389 e. The number of sulfonamides is 1. The molecule has 1 amide bonds. The van der Waals surface area contributed by atoms with Crippen LogP contribution in [0.1, 0.15) is 33.6 Å². The zero-order valence-electron chi connectivity index (χ0n) is 12.5. The topological polar surface area (TPSA) is 95.5 Å². The lowest BCUT2D eigenvalue weighted by Gasteiger charge is -2.22. The molecule has 0 saturated carbocycles. The van der Waals surface area contributed by atoms with Gasteiger partial charge in [-0.3, -0.25) is 4.79 Å². The van der Waals surface area contributed by atoms with Gasteiger partial charge in [0.1, 0.15) is 0 Å². The molecule has 0 bridgehead atoms. The minimum Gasteiger partial charge on any atom is -0.389 e. The highest BCUT2D eigenvalue weighted by atomic mass is 32.2. The van der Waals surface area contributed by atoms with Crippen LogP contribution in [0.4, 0.5) is 5.69 Å². The van der Waals surface area contributed by atoms with Crippen LogP contribution in [0.3, 0.4) is 0 Å². The van der Waals surface area contributed by atoms with Crippen molar-refractivity contribution < 1.29 is 18.3 Å². The smallest absolute Gasteiger partial charge is 0.240 e. The van der Waals surface area contributed by atoms with Crippen LogP contribution in [0.15, 0.2) is 29.2 Å². The summed E-state index contributed by atoms with van der Waals surface area (Å²) in [6.45, 7) is 4.85. The Morgan fingerprint density at radius 3 is 2.33 bits per heavy atom. The van der Waals surface area contributed by atoms with Crippen molar-refractivity contribution in [3.05, 3.63) is 24.3 Å². The third-order valence-corrected chi connectivity index (χ3v) is 4.33. The molecule has 1 unspecified atom stereocenters. The van der Waals surface area contributed by atoms with Gasteiger partial charge in [-0.15, -0.1) is 0 Å². The summed E-state index contributed by atoms with van der Waals surface area (Å²) in [5, 5.41) is 12.6. The Balaban J connectivity index is 2.76. The lowest BCUT2D eigenvalue weighted by atomic mass is 10.0. The van der Waals surface area contributed by atoms with Crippen molar-refractivity contribution in [3.63, 3.8) is 0 Å². The van der Waals surface area contributed by atoms with Gasteiger partial charge in [0.25, 0.3) is 0 Å². The number of hydrogen-bond donors (Lipinski definition) is 3. The molecule has 0 spiro atoms. The molecule has 21 heavy (non-hydrogen) atoms. The normalized spacial score (nSPS) is 14.5. The van der Waals surface area contributed by atoms with Gasteiger partial charge in [-0.2, -0.15) is 0 Å². The molecule has 0 aromatic heterocycles. The van der Waals surface area contributed by atoms with E-state index in [0.717, 1.165) is 6.42 Å². The van der Waals surface area contributed by atoms with E-state index >= 15 is 0 Å². The molecule has 0 aliphatic rings. The van der Waals surface area contributed by atoms with E-state index in [1.807, 2.05) is 6.92 Å². The maximum atomic E-state index is 12.1. The van der Waals surface area contributed by atoms with Gasteiger partial charge in [0.2, 0.25) is 15.9 Å². The van der Waals surface area contributed by atoms with Crippen molar-refractivity contribution in [2.24, 2.45) is 0 Å². The van der Waals surface area contributed by atoms with Crippen LogP contribution < -0.4 is 10.0 Å². The van der Waals surface area contributed by atoms with Crippen LogP contribution in [-0.4, -0.2) is 31.6 Å². The van der Waals surface area contributed by atoms with Crippen LogP contribution >= 0.6 is 0 Å². The van der Waals surface area contributed by atoms with Gasteiger partial charge in [0.05, 0.1) is 10.5 Å². The van der Waals surface area contributed by atoms with E-state index < -0.39 is 15.6 Å². The molecule has 1 rings (SSSR count). The molecule has 1 atom stereocenters. The molecule has 0 aliphatic carbocycles. The minimum absolute atomic E-state index is 0.0450. The summed E-state index contributed by atoms with van der Waals surface area (Å²) in [6.07, 6.45) is 1.27. The first-order valence-corrected chi connectivity index (χ1v) is 8.24. The first-order chi connectivity index (χ1) is 9.66. The van der Waals surface area contributed by atoms with Gasteiger partial charge in [0.15, 0.2) is 0 Å². The van der Waals surface area contributed by atoms with Gasteiger partial charge in [-0.25, -0.2) is 13.1 Å². The Hall–Kier alpha value is -1.44. The molecule has 1 aromatic rings. The van der Waals surface area contributed by atoms with E-state index in [9.17, 15) is 18.3 Å². The van der Waals surface area contributed by atoms with Crippen molar-refractivity contribution in [3.8, 4) is 0 Å². The molecule has 118 valence electrons. The third kappa shape index (κ3) is 5.82. The van der Waals surface area contributed by atoms with Crippen molar-refractivity contribution in [1.29, 1.82) is 0 Å². The van der Waals surface area contributed by atoms with E-state index in [2.05, 4.69) is 10.0 Å². The standard InChI is InChI=1S/C14H22N2O4S/c1-4-9-14(3,18)10-15-21(19,20)13-7-5-12(6-8-13)16-11(2)17/h5-8,15,18H,4,9-10H2,1-3H3,(H,16,17). The summed E-state index contributed by atoms with van der Waals surface area (Å²) in [7, 11) is -3.68. The Labute approximate surface area is 125 Å². The molecule has 0 heterocycles. The molecule has 1 aromatic carbocycles. The maximum absolute atomic E-state index is 12.1. The molecular weight excluding hydrogens is 292 g/mol. The zero-order chi connectivity index (χ0) is 16.1. The highest BCUT2D eigenvalue weighted by Crippen LogP contribution is 2.16. The number of rotatable bonds is 7. The Morgan fingerprint density at radius 2 is 1.86 bits per heavy atom. The number of amides is 1. The second kappa shape index (κ2) is 7.02. The minimum atomic E-state index is -3.68. The Morgan fingerprint density at radius 1 is 1.29 bits per heavy atom. The summed E-state index contributed by atoms with van der Waals surface area (Å²) in [6, 6.07) is 5.84. The molecule has 0 saturated heterocycles. The molecule has 0 aliphatic heterocycles. The highest BCUT2D eigenvalue weighted by Gasteiger charge is 2.23.